The summed E-state index contributed by atoms with van der Waals surface area (Å²) in [5.41, 5.74) is 1.71. The van der Waals surface area contributed by atoms with E-state index in [0.29, 0.717) is 23.6 Å². The van der Waals surface area contributed by atoms with Crippen molar-refractivity contribution in [2.75, 3.05) is 19.0 Å². The van der Waals surface area contributed by atoms with E-state index in [0.717, 1.165) is 5.56 Å². The number of benzene rings is 2. The molecule has 0 heterocycles. The molecule has 0 aliphatic heterocycles. The van der Waals surface area contributed by atoms with E-state index < -0.39 is 17.8 Å². The molecule has 0 aliphatic carbocycles. The summed E-state index contributed by atoms with van der Waals surface area (Å²) in [5.74, 6) is -0.604. The number of hydrogen-bond acceptors (Lipinski definition) is 5. The molecule has 0 atom stereocenters. The average molecular weight is 370 g/mol. The van der Waals surface area contributed by atoms with Gasteiger partial charge in [0.05, 0.1) is 19.3 Å². The minimum absolute atomic E-state index is 0.268. The molecule has 0 saturated heterocycles. The number of rotatable bonds is 8. The normalized spacial score (nSPS) is 10.0. The predicted octanol–water partition coefficient (Wildman–Crippen LogP) is 2.52. The van der Waals surface area contributed by atoms with Crippen LogP contribution in [0.5, 0.6) is 5.75 Å². The molecule has 2 aromatic rings. The van der Waals surface area contributed by atoms with Crippen molar-refractivity contribution in [3.63, 3.8) is 0 Å². The summed E-state index contributed by atoms with van der Waals surface area (Å²) >= 11 is 0. The number of carbonyl (C=O) groups is 3. The van der Waals surface area contributed by atoms with E-state index in [1.807, 2.05) is 18.2 Å². The lowest BCUT2D eigenvalue weighted by Crippen LogP contribution is -2.27. The molecule has 2 N–H and O–H groups in total. The minimum atomic E-state index is -0.448. The Kier molecular flexibility index (Phi) is 7.37. The highest BCUT2D eigenvalue weighted by atomic mass is 16.5. The maximum absolute atomic E-state index is 12.0. The molecule has 7 nitrogen and oxygen atoms in total. The number of para-hydroxylation sites is 1. The molecule has 2 aromatic carbocycles. The zero-order chi connectivity index (χ0) is 19.6. The Balaban J connectivity index is 1.82. The number of methoxy groups -OCH3 is 1. The Bertz CT molecular complexity index is 802. The summed E-state index contributed by atoms with van der Waals surface area (Å²) < 4.78 is 10.1. The number of anilines is 1. The molecule has 0 aliphatic rings. The van der Waals surface area contributed by atoms with Crippen LogP contribution in [0.4, 0.5) is 5.69 Å². The third-order valence-electron chi connectivity index (χ3n) is 3.67. The molecule has 2 amide bonds. The molecule has 0 spiro atoms. The van der Waals surface area contributed by atoms with E-state index in [1.165, 1.54) is 0 Å². The lowest BCUT2D eigenvalue weighted by Gasteiger charge is -2.10. The number of ether oxygens (including phenoxy) is 2. The van der Waals surface area contributed by atoms with Crippen molar-refractivity contribution in [3.8, 4) is 5.75 Å². The van der Waals surface area contributed by atoms with Crippen molar-refractivity contribution in [2.45, 2.75) is 19.9 Å². The smallest absolute Gasteiger partial charge is 0.338 e. The van der Waals surface area contributed by atoms with Crippen LogP contribution in [0.25, 0.3) is 0 Å². The van der Waals surface area contributed by atoms with Crippen LogP contribution >= 0.6 is 0 Å². The van der Waals surface area contributed by atoms with Crippen LogP contribution in [0.3, 0.4) is 0 Å². The number of hydrogen-bond donors (Lipinski definition) is 2. The molecule has 0 fully saturated rings. The highest BCUT2D eigenvalue weighted by molar-refractivity contribution is 6.03. The second-order valence-corrected chi connectivity index (χ2v) is 5.61. The molecule has 142 valence electrons. The van der Waals surface area contributed by atoms with E-state index in [-0.39, 0.29) is 13.0 Å². The molecular formula is C20H22N2O5. The molecule has 0 radical (unpaired) electrons. The first-order valence-electron chi connectivity index (χ1n) is 8.49. The van der Waals surface area contributed by atoms with Gasteiger partial charge in [0.2, 0.25) is 11.8 Å². The van der Waals surface area contributed by atoms with Gasteiger partial charge in [-0.3, -0.25) is 9.59 Å². The van der Waals surface area contributed by atoms with Gasteiger partial charge in [0, 0.05) is 17.8 Å². The highest BCUT2D eigenvalue weighted by Crippen LogP contribution is 2.16. The lowest BCUT2D eigenvalue weighted by molar-refractivity contribution is -0.126. The summed E-state index contributed by atoms with van der Waals surface area (Å²) in [5, 5.41) is 5.30. The van der Waals surface area contributed by atoms with Crippen molar-refractivity contribution < 1.29 is 23.9 Å². The van der Waals surface area contributed by atoms with Gasteiger partial charge in [-0.2, -0.15) is 0 Å². The summed E-state index contributed by atoms with van der Waals surface area (Å²) in [6.45, 7) is 2.29. The summed E-state index contributed by atoms with van der Waals surface area (Å²) in [7, 11) is 1.56. The van der Waals surface area contributed by atoms with Gasteiger partial charge in [-0.1, -0.05) is 18.2 Å². The Morgan fingerprint density at radius 3 is 2.33 bits per heavy atom. The second-order valence-electron chi connectivity index (χ2n) is 5.61. The quantitative estimate of drug-likeness (QED) is 0.550. The third kappa shape index (κ3) is 6.14. The van der Waals surface area contributed by atoms with Gasteiger partial charge in [0.15, 0.2) is 0 Å². The van der Waals surface area contributed by atoms with Crippen molar-refractivity contribution in [3.05, 3.63) is 59.7 Å². The Morgan fingerprint density at radius 2 is 1.67 bits per heavy atom. The first kappa shape index (κ1) is 20.0. The van der Waals surface area contributed by atoms with Crippen LogP contribution in [0, 0.1) is 0 Å². The van der Waals surface area contributed by atoms with Crippen molar-refractivity contribution >= 4 is 23.5 Å². The maximum Gasteiger partial charge on any atom is 0.338 e. The fraction of sp³-hybridized carbons (Fsp3) is 0.250. The lowest BCUT2D eigenvalue weighted by atomic mass is 10.2. The number of nitrogens with one attached hydrogen (secondary N) is 2. The largest absolute Gasteiger partial charge is 0.496 e. The summed E-state index contributed by atoms with van der Waals surface area (Å²) in [4.78, 5) is 35.5. The highest BCUT2D eigenvalue weighted by Gasteiger charge is 2.11. The Labute approximate surface area is 157 Å². The van der Waals surface area contributed by atoms with Gasteiger partial charge in [-0.25, -0.2) is 4.79 Å². The van der Waals surface area contributed by atoms with Crippen LogP contribution in [0.2, 0.25) is 0 Å². The summed E-state index contributed by atoms with van der Waals surface area (Å²) in [6, 6.07) is 13.6. The van der Waals surface area contributed by atoms with Gasteiger partial charge in [-0.15, -0.1) is 0 Å². The monoisotopic (exact) mass is 370 g/mol. The van der Waals surface area contributed by atoms with E-state index in [4.69, 9.17) is 9.47 Å². The zero-order valence-corrected chi connectivity index (χ0v) is 15.3. The SMILES string of the molecule is CCOC(=O)c1ccc(NC(=O)CC(=O)NCc2ccccc2OC)cc1. The second kappa shape index (κ2) is 9.96. The Hall–Kier alpha value is -3.35. The van der Waals surface area contributed by atoms with E-state index >= 15 is 0 Å². The topological polar surface area (TPSA) is 93.7 Å². The molecule has 0 saturated carbocycles. The molecule has 7 heteroatoms. The fourth-order valence-corrected chi connectivity index (χ4v) is 2.36. The zero-order valence-electron chi connectivity index (χ0n) is 15.3. The summed E-state index contributed by atoms with van der Waals surface area (Å²) in [6.07, 6.45) is -0.311. The van der Waals surface area contributed by atoms with Gasteiger partial charge < -0.3 is 20.1 Å². The van der Waals surface area contributed by atoms with Crippen molar-refractivity contribution in [1.82, 2.24) is 5.32 Å². The fourth-order valence-electron chi connectivity index (χ4n) is 2.36. The van der Waals surface area contributed by atoms with Crippen LogP contribution in [0.15, 0.2) is 48.5 Å². The van der Waals surface area contributed by atoms with E-state index in [9.17, 15) is 14.4 Å². The number of esters is 1. The minimum Gasteiger partial charge on any atom is -0.496 e. The van der Waals surface area contributed by atoms with Gasteiger partial charge in [0.25, 0.3) is 0 Å². The number of amides is 2. The maximum atomic E-state index is 12.0. The molecule has 0 bridgehead atoms. The molecular weight excluding hydrogens is 348 g/mol. The van der Waals surface area contributed by atoms with Crippen LogP contribution in [0.1, 0.15) is 29.3 Å². The van der Waals surface area contributed by atoms with E-state index in [2.05, 4.69) is 10.6 Å². The van der Waals surface area contributed by atoms with Gasteiger partial charge in [-0.05, 0) is 37.3 Å². The molecule has 27 heavy (non-hydrogen) atoms. The standard InChI is InChI=1S/C20H22N2O5/c1-3-27-20(25)14-8-10-16(11-9-14)22-19(24)12-18(23)21-13-15-6-4-5-7-17(15)26-2/h4-11H,3,12-13H2,1-2H3,(H,21,23)(H,22,24). The predicted molar refractivity (Wildman–Crippen MR) is 100 cm³/mol. The van der Waals surface area contributed by atoms with Crippen LogP contribution in [-0.4, -0.2) is 31.5 Å². The van der Waals surface area contributed by atoms with Crippen molar-refractivity contribution in [2.24, 2.45) is 0 Å². The molecule has 0 unspecified atom stereocenters. The number of carbonyl (C=O) groups excluding carboxylic acids is 3. The van der Waals surface area contributed by atoms with Crippen LogP contribution < -0.4 is 15.4 Å². The Morgan fingerprint density at radius 1 is 0.963 bits per heavy atom. The van der Waals surface area contributed by atoms with Gasteiger partial charge >= 0.3 is 5.97 Å². The van der Waals surface area contributed by atoms with Crippen LogP contribution in [-0.2, 0) is 20.9 Å². The van der Waals surface area contributed by atoms with Crippen molar-refractivity contribution in [1.29, 1.82) is 0 Å². The average Bonchev–Trinajstić information content (AvgIpc) is 2.67. The first-order valence-corrected chi connectivity index (χ1v) is 8.49. The molecule has 2 rings (SSSR count). The van der Waals surface area contributed by atoms with E-state index in [1.54, 1.807) is 44.4 Å². The molecule has 0 aromatic heterocycles. The van der Waals surface area contributed by atoms with Gasteiger partial charge in [0.1, 0.15) is 12.2 Å². The first-order chi connectivity index (χ1) is 13.0. The third-order valence-corrected chi connectivity index (χ3v) is 3.67.